The van der Waals surface area contributed by atoms with Crippen LogP contribution in [-0.4, -0.2) is 86.0 Å². The number of carbonyl (C=O) groups is 1. The standard InChI is InChI=1S/C15H12ClF3NO5P.2C7H16O3.2CH4/c1-8-4-9(15(17,18)19)6-11(5-8)20-14(21)12-7-10(16)2-3-13(12)25-26(22,23)24;2*8-4-1-7(2-5-9)3-6-10;;/h2-7H,1H3,(H,20,21)(H2,22,23,24);2*7-10H,1-6H2;2*1H4. The van der Waals surface area contributed by atoms with Gasteiger partial charge in [-0.25, -0.2) is 4.57 Å². The van der Waals surface area contributed by atoms with Gasteiger partial charge < -0.3 is 40.5 Å². The van der Waals surface area contributed by atoms with E-state index in [1.807, 2.05) is 0 Å². The number of phosphoric ester groups is 1. The van der Waals surface area contributed by atoms with E-state index in [2.05, 4.69) is 9.84 Å². The first kappa shape index (κ1) is 50.1. The average molecular weight is 738 g/mol. The molecule has 0 atom stereocenters. The Morgan fingerprint density at radius 1 is 0.792 bits per heavy atom. The molecule has 17 heteroatoms. The Labute approximate surface area is 285 Å². The van der Waals surface area contributed by atoms with Crippen LogP contribution in [0.4, 0.5) is 18.9 Å². The molecule has 0 radical (unpaired) electrons. The smallest absolute Gasteiger partial charge is 0.403 e. The Bertz CT molecular complexity index is 1160. The molecule has 2 aromatic carbocycles. The molecule has 2 aromatic rings. The highest BCUT2D eigenvalue weighted by molar-refractivity contribution is 7.46. The van der Waals surface area contributed by atoms with Crippen molar-refractivity contribution in [2.24, 2.45) is 11.8 Å². The summed E-state index contributed by atoms with van der Waals surface area (Å²) in [4.78, 5) is 30.2. The largest absolute Gasteiger partial charge is 0.524 e. The molecule has 0 aliphatic rings. The van der Waals surface area contributed by atoms with Crippen molar-refractivity contribution in [2.75, 3.05) is 45.0 Å². The van der Waals surface area contributed by atoms with Crippen molar-refractivity contribution in [1.29, 1.82) is 0 Å². The predicted octanol–water partition coefficient (Wildman–Crippen LogP) is 5.16. The topological polar surface area (TPSA) is 217 Å². The highest BCUT2D eigenvalue weighted by Gasteiger charge is 2.31. The SMILES string of the molecule is C.C.Cc1cc(NC(=O)c2cc(Cl)ccc2OP(=O)(O)O)cc(C(F)(F)F)c1.OCCC(CCO)CCO.OCCC(CCO)CCO. The maximum Gasteiger partial charge on any atom is 0.524 e. The zero-order chi connectivity index (χ0) is 35.3. The number of rotatable bonds is 16. The van der Waals surface area contributed by atoms with Crippen LogP contribution in [0.25, 0.3) is 0 Å². The zero-order valence-electron chi connectivity index (χ0n) is 25.4. The second kappa shape index (κ2) is 26.6. The molecule has 0 spiro atoms. The van der Waals surface area contributed by atoms with Crippen LogP contribution >= 0.6 is 19.4 Å². The van der Waals surface area contributed by atoms with Gasteiger partial charge in [-0.3, -0.25) is 14.6 Å². The van der Waals surface area contributed by atoms with Gasteiger partial charge in [0, 0.05) is 50.4 Å². The van der Waals surface area contributed by atoms with Gasteiger partial charge in [-0.05, 0) is 99.2 Å². The molecule has 0 unspecified atom stereocenters. The summed E-state index contributed by atoms with van der Waals surface area (Å²) in [5.41, 5.74) is -1.20. The third-order valence-electron chi connectivity index (χ3n) is 6.29. The van der Waals surface area contributed by atoms with Gasteiger partial charge in [0.2, 0.25) is 0 Å². The first-order chi connectivity index (χ1) is 21.5. The van der Waals surface area contributed by atoms with E-state index in [0.717, 1.165) is 24.3 Å². The Kier molecular flexibility index (Phi) is 27.7. The van der Waals surface area contributed by atoms with Crippen LogP contribution in [-0.2, 0) is 10.7 Å². The van der Waals surface area contributed by atoms with E-state index < -0.39 is 31.2 Å². The van der Waals surface area contributed by atoms with Crippen LogP contribution in [0.5, 0.6) is 5.75 Å². The molecule has 0 bridgehead atoms. The molecule has 48 heavy (non-hydrogen) atoms. The molecule has 0 fully saturated rings. The second-order valence-electron chi connectivity index (χ2n) is 10.1. The quantitative estimate of drug-likeness (QED) is 0.103. The van der Waals surface area contributed by atoms with Crippen LogP contribution in [0, 0.1) is 18.8 Å². The van der Waals surface area contributed by atoms with Crippen molar-refractivity contribution < 1.29 is 67.5 Å². The van der Waals surface area contributed by atoms with Gasteiger partial charge in [-0.2, -0.15) is 13.2 Å². The number of carbonyl (C=O) groups excluding carboxylic acids is 1. The fourth-order valence-electron chi connectivity index (χ4n) is 4.07. The normalized spacial score (nSPS) is 11.0. The molecule has 0 aliphatic heterocycles. The number of aliphatic hydroxyl groups is 6. The highest BCUT2D eigenvalue weighted by atomic mass is 35.5. The van der Waals surface area contributed by atoms with Gasteiger partial charge >= 0.3 is 14.0 Å². The van der Waals surface area contributed by atoms with Gasteiger partial charge in [0.25, 0.3) is 5.91 Å². The van der Waals surface area contributed by atoms with Gasteiger partial charge in [0.05, 0.1) is 11.1 Å². The number of benzene rings is 2. The molecule has 0 saturated carbocycles. The van der Waals surface area contributed by atoms with Crippen LogP contribution in [0.15, 0.2) is 36.4 Å². The van der Waals surface area contributed by atoms with Crippen LogP contribution in [0.3, 0.4) is 0 Å². The molecule has 2 rings (SSSR count). The molecule has 9 N–H and O–H groups in total. The van der Waals surface area contributed by atoms with E-state index in [-0.39, 0.29) is 88.2 Å². The number of anilines is 1. The van der Waals surface area contributed by atoms with E-state index in [0.29, 0.717) is 38.5 Å². The molecule has 280 valence electrons. The number of halogens is 4. The Hall–Kier alpha value is -2.30. The highest BCUT2D eigenvalue weighted by Crippen LogP contribution is 2.40. The fourth-order valence-corrected chi connectivity index (χ4v) is 4.65. The molecule has 0 aliphatic carbocycles. The fraction of sp³-hybridized carbons (Fsp3) is 0.581. The summed E-state index contributed by atoms with van der Waals surface area (Å²) in [6.07, 6.45) is -0.511. The third kappa shape index (κ3) is 22.4. The summed E-state index contributed by atoms with van der Waals surface area (Å²) in [5, 5.41) is 53.5. The summed E-state index contributed by atoms with van der Waals surface area (Å²) in [6, 6.07) is 6.32. The number of aliphatic hydroxyl groups excluding tert-OH is 6. The number of hydrogen-bond donors (Lipinski definition) is 9. The summed E-state index contributed by atoms with van der Waals surface area (Å²) in [6.45, 7) is 2.28. The van der Waals surface area contributed by atoms with E-state index in [4.69, 9.17) is 52.0 Å². The van der Waals surface area contributed by atoms with Crippen molar-refractivity contribution in [2.45, 2.75) is 66.5 Å². The van der Waals surface area contributed by atoms with Crippen molar-refractivity contribution >= 4 is 31.0 Å². The number of hydrogen-bond acceptors (Lipinski definition) is 9. The maximum atomic E-state index is 12.9. The molecule has 0 heterocycles. The molecule has 1 amide bonds. The molecule has 12 nitrogen and oxygen atoms in total. The van der Waals surface area contributed by atoms with Gasteiger partial charge in [0.15, 0.2) is 0 Å². The molecular weight excluding hydrogens is 686 g/mol. The number of nitrogens with one attached hydrogen (secondary N) is 1. The van der Waals surface area contributed by atoms with Crippen molar-refractivity contribution in [3.8, 4) is 5.75 Å². The Balaban J connectivity index is -0.000000765. The monoisotopic (exact) mass is 737 g/mol. The number of alkyl halides is 3. The summed E-state index contributed by atoms with van der Waals surface area (Å²) in [7, 11) is -4.96. The first-order valence-electron chi connectivity index (χ1n) is 14.2. The van der Waals surface area contributed by atoms with Crippen LogP contribution in [0.2, 0.25) is 5.02 Å². The van der Waals surface area contributed by atoms with Crippen molar-refractivity contribution in [3.63, 3.8) is 0 Å². The molecule has 0 saturated heterocycles. The van der Waals surface area contributed by atoms with Crippen LogP contribution in [0.1, 0.15) is 74.9 Å². The number of aryl methyl sites for hydroxylation is 1. The lowest BCUT2D eigenvalue weighted by atomic mass is 9.99. The van der Waals surface area contributed by atoms with Gasteiger partial charge in [-0.15, -0.1) is 0 Å². The second-order valence-corrected chi connectivity index (χ2v) is 11.7. The van der Waals surface area contributed by atoms with E-state index >= 15 is 0 Å². The van der Waals surface area contributed by atoms with Crippen LogP contribution < -0.4 is 9.84 Å². The lowest BCUT2D eigenvalue weighted by Crippen LogP contribution is -2.15. The number of phosphoric acid groups is 1. The Morgan fingerprint density at radius 2 is 1.21 bits per heavy atom. The summed E-state index contributed by atoms with van der Waals surface area (Å²) >= 11 is 5.77. The maximum absolute atomic E-state index is 12.9. The van der Waals surface area contributed by atoms with E-state index in [1.165, 1.54) is 19.1 Å². The molecular formula is C31H52ClF3NO11P. The van der Waals surface area contributed by atoms with Crippen molar-refractivity contribution in [3.05, 3.63) is 58.1 Å². The Morgan fingerprint density at radius 3 is 1.56 bits per heavy atom. The van der Waals surface area contributed by atoms with Gasteiger partial charge in [-0.1, -0.05) is 26.5 Å². The number of amides is 1. The van der Waals surface area contributed by atoms with Gasteiger partial charge in [0.1, 0.15) is 5.75 Å². The lowest BCUT2D eigenvalue weighted by molar-refractivity contribution is -0.137. The minimum absolute atomic E-state index is 0. The van der Waals surface area contributed by atoms with E-state index in [9.17, 15) is 22.5 Å². The minimum Gasteiger partial charge on any atom is -0.403 e. The van der Waals surface area contributed by atoms with Crippen molar-refractivity contribution in [1.82, 2.24) is 0 Å². The zero-order valence-corrected chi connectivity index (χ0v) is 27.0. The average Bonchev–Trinajstić information content (AvgIpc) is 2.94. The lowest BCUT2D eigenvalue weighted by Gasteiger charge is -2.14. The van der Waals surface area contributed by atoms with E-state index in [1.54, 1.807) is 0 Å². The summed E-state index contributed by atoms with van der Waals surface area (Å²) < 4.78 is 54.0. The predicted molar refractivity (Wildman–Crippen MR) is 179 cm³/mol. The first-order valence-corrected chi connectivity index (χ1v) is 16.2. The minimum atomic E-state index is -4.96. The molecule has 0 aromatic heterocycles. The summed E-state index contributed by atoms with van der Waals surface area (Å²) in [5.74, 6) is -0.862. The third-order valence-corrected chi connectivity index (χ3v) is 6.96.